The molecule has 0 bridgehead atoms. The van der Waals surface area contributed by atoms with Crippen LogP contribution in [0.5, 0.6) is 0 Å². The Morgan fingerprint density at radius 1 is 1.52 bits per heavy atom. The van der Waals surface area contributed by atoms with Crippen molar-refractivity contribution in [2.45, 2.75) is 32.6 Å². The van der Waals surface area contributed by atoms with Gasteiger partial charge in [0.05, 0.1) is 3.79 Å². The number of hydrogen-bond donors (Lipinski definition) is 1. The van der Waals surface area contributed by atoms with E-state index in [4.69, 9.17) is 5.73 Å². The fourth-order valence-corrected chi connectivity index (χ4v) is 4.50. The molecule has 0 fully saturated rings. The molecule has 0 radical (unpaired) electrons. The monoisotopic (exact) mass is 361 g/mol. The fraction of sp³-hybridized carbons (Fsp3) is 0.375. The van der Waals surface area contributed by atoms with Crippen molar-refractivity contribution in [3.63, 3.8) is 0 Å². The molecule has 2 aromatic heterocycles. The molecule has 3 rings (SSSR count). The van der Waals surface area contributed by atoms with Crippen LogP contribution in [0.1, 0.15) is 36.6 Å². The molecule has 108 valence electrons. The van der Waals surface area contributed by atoms with Gasteiger partial charge in [0, 0.05) is 16.1 Å². The summed E-state index contributed by atoms with van der Waals surface area (Å²) in [7, 11) is 0. The van der Waals surface area contributed by atoms with E-state index in [1.54, 1.807) is 11.3 Å². The summed E-state index contributed by atoms with van der Waals surface area (Å²) in [5.41, 5.74) is 9.87. The van der Waals surface area contributed by atoms with Gasteiger partial charge in [0.15, 0.2) is 0 Å². The third kappa shape index (κ3) is 2.58. The maximum absolute atomic E-state index is 9.51. The number of pyridine rings is 1. The van der Waals surface area contributed by atoms with Crippen molar-refractivity contribution >= 4 is 33.1 Å². The number of nitrogens with zero attached hydrogens (tertiary/aromatic N) is 2. The van der Waals surface area contributed by atoms with Gasteiger partial charge >= 0.3 is 0 Å². The smallest absolute Gasteiger partial charge is 0.142 e. The molecule has 5 heteroatoms. The molecular formula is C16H16BrN3S. The Morgan fingerprint density at radius 3 is 2.95 bits per heavy atom. The highest BCUT2D eigenvalue weighted by molar-refractivity contribution is 9.11. The highest BCUT2D eigenvalue weighted by Gasteiger charge is 2.26. The number of anilines is 1. The molecule has 2 aromatic rings. The molecule has 2 N–H and O–H groups in total. The Kier molecular flexibility index (Phi) is 4.01. The van der Waals surface area contributed by atoms with Crippen LogP contribution < -0.4 is 5.73 Å². The Bertz CT molecular complexity index is 730. The van der Waals surface area contributed by atoms with E-state index < -0.39 is 0 Å². The number of nitrogen functional groups attached to an aromatic ring is 1. The number of aromatic nitrogens is 1. The summed E-state index contributed by atoms with van der Waals surface area (Å²) < 4.78 is 1.06. The van der Waals surface area contributed by atoms with Crippen molar-refractivity contribution in [3.05, 3.63) is 32.7 Å². The largest absolute Gasteiger partial charge is 0.383 e. The minimum absolute atomic E-state index is 0.366. The summed E-state index contributed by atoms with van der Waals surface area (Å²) in [6.07, 6.45) is 4.29. The van der Waals surface area contributed by atoms with E-state index in [2.05, 4.69) is 40.0 Å². The van der Waals surface area contributed by atoms with Gasteiger partial charge in [0.2, 0.25) is 0 Å². The molecule has 2 heterocycles. The lowest BCUT2D eigenvalue weighted by Crippen LogP contribution is -2.18. The molecule has 1 unspecified atom stereocenters. The van der Waals surface area contributed by atoms with Gasteiger partial charge in [-0.3, -0.25) is 0 Å². The van der Waals surface area contributed by atoms with E-state index in [1.165, 1.54) is 12.0 Å². The minimum atomic E-state index is 0.366. The van der Waals surface area contributed by atoms with Crippen molar-refractivity contribution in [3.8, 4) is 16.5 Å². The second-order valence-corrected chi connectivity index (χ2v) is 7.87. The van der Waals surface area contributed by atoms with Crippen molar-refractivity contribution in [2.75, 3.05) is 5.73 Å². The summed E-state index contributed by atoms with van der Waals surface area (Å²) in [6.45, 7) is 2.23. The predicted octanol–water partition coefficient (Wildman–Crippen LogP) is 4.54. The van der Waals surface area contributed by atoms with Crippen LogP contribution in [0, 0.1) is 17.2 Å². The standard InChI is InChI=1S/C16H16BrN3S/c1-2-9-3-4-12-10(7-9)15(11(8-18)16(19)20-12)13-5-6-14(17)21-13/h5-6,9H,2-4,7H2,1H3,(H2,19,20). The van der Waals surface area contributed by atoms with Crippen molar-refractivity contribution < 1.29 is 0 Å². The maximum Gasteiger partial charge on any atom is 0.142 e. The Morgan fingerprint density at radius 2 is 2.33 bits per heavy atom. The lowest BCUT2D eigenvalue weighted by atomic mass is 9.81. The molecule has 1 aliphatic rings. The van der Waals surface area contributed by atoms with E-state index in [9.17, 15) is 5.26 Å². The third-order valence-corrected chi connectivity index (χ3v) is 5.84. The van der Waals surface area contributed by atoms with Crippen molar-refractivity contribution in [2.24, 2.45) is 5.92 Å². The summed E-state index contributed by atoms with van der Waals surface area (Å²) in [5, 5.41) is 9.51. The van der Waals surface area contributed by atoms with Gasteiger partial charge < -0.3 is 5.73 Å². The second kappa shape index (κ2) is 5.78. The molecule has 0 aromatic carbocycles. The normalized spacial score (nSPS) is 17.3. The molecule has 1 atom stereocenters. The summed E-state index contributed by atoms with van der Waals surface area (Å²) >= 11 is 5.15. The fourth-order valence-electron chi connectivity index (χ4n) is 3.03. The lowest BCUT2D eigenvalue weighted by Gasteiger charge is -2.26. The van der Waals surface area contributed by atoms with Crippen LogP contribution in [0.25, 0.3) is 10.4 Å². The van der Waals surface area contributed by atoms with Crippen LogP contribution in [0.2, 0.25) is 0 Å². The van der Waals surface area contributed by atoms with E-state index in [0.717, 1.165) is 39.2 Å². The number of nitriles is 1. The Balaban J connectivity index is 2.25. The predicted molar refractivity (Wildman–Crippen MR) is 90.2 cm³/mol. The summed E-state index contributed by atoms with van der Waals surface area (Å²) in [6, 6.07) is 6.33. The van der Waals surface area contributed by atoms with E-state index in [-0.39, 0.29) is 0 Å². The van der Waals surface area contributed by atoms with Crippen molar-refractivity contribution in [1.29, 1.82) is 5.26 Å². The molecule has 21 heavy (non-hydrogen) atoms. The SMILES string of the molecule is CCC1CCc2nc(N)c(C#N)c(-c3ccc(Br)s3)c2C1. The first-order chi connectivity index (χ1) is 10.1. The van der Waals surface area contributed by atoms with Crippen LogP contribution in [0.4, 0.5) is 5.82 Å². The van der Waals surface area contributed by atoms with Gasteiger partial charge in [0.25, 0.3) is 0 Å². The number of aryl methyl sites for hydroxylation is 1. The topological polar surface area (TPSA) is 62.7 Å². The molecule has 0 saturated carbocycles. The molecule has 0 spiro atoms. The first-order valence-corrected chi connectivity index (χ1v) is 8.72. The molecular weight excluding hydrogens is 346 g/mol. The number of hydrogen-bond acceptors (Lipinski definition) is 4. The van der Waals surface area contributed by atoms with E-state index >= 15 is 0 Å². The number of halogens is 1. The molecule has 0 amide bonds. The Labute approximate surface area is 136 Å². The first kappa shape index (κ1) is 14.6. The van der Waals surface area contributed by atoms with Gasteiger partial charge in [0.1, 0.15) is 17.5 Å². The van der Waals surface area contributed by atoms with Gasteiger partial charge in [-0.1, -0.05) is 13.3 Å². The molecule has 0 aliphatic heterocycles. The number of rotatable bonds is 2. The highest BCUT2D eigenvalue weighted by Crippen LogP contribution is 2.41. The van der Waals surface area contributed by atoms with E-state index in [0.29, 0.717) is 17.3 Å². The summed E-state index contributed by atoms with van der Waals surface area (Å²) in [4.78, 5) is 5.59. The van der Waals surface area contributed by atoms with E-state index in [1.807, 2.05) is 6.07 Å². The second-order valence-electron chi connectivity index (χ2n) is 5.40. The minimum Gasteiger partial charge on any atom is -0.383 e. The number of thiophene rings is 1. The maximum atomic E-state index is 9.51. The zero-order chi connectivity index (χ0) is 15.0. The van der Waals surface area contributed by atoms with Gasteiger partial charge in [-0.05, 0) is 58.8 Å². The molecule has 3 nitrogen and oxygen atoms in total. The van der Waals surface area contributed by atoms with Crippen LogP contribution >= 0.6 is 27.3 Å². The third-order valence-electron chi connectivity index (χ3n) is 4.20. The average molecular weight is 362 g/mol. The van der Waals surface area contributed by atoms with Gasteiger partial charge in [-0.25, -0.2) is 4.98 Å². The van der Waals surface area contributed by atoms with Gasteiger partial charge in [-0.15, -0.1) is 11.3 Å². The molecule has 1 aliphatic carbocycles. The van der Waals surface area contributed by atoms with Gasteiger partial charge in [-0.2, -0.15) is 5.26 Å². The number of nitrogens with two attached hydrogens (primary N) is 1. The Hall–Kier alpha value is -1.38. The zero-order valence-electron chi connectivity index (χ0n) is 11.8. The molecule has 0 saturated heterocycles. The van der Waals surface area contributed by atoms with Crippen LogP contribution in [0.3, 0.4) is 0 Å². The highest BCUT2D eigenvalue weighted by atomic mass is 79.9. The zero-order valence-corrected chi connectivity index (χ0v) is 14.2. The van der Waals surface area contributed by atoms with Crippen LogP contribution in [-0.2, 0) is 12.8 Å². The van der Waals surface area contributed by atoms with Crippen LogP contribution in [0.15, 0.2) is 15.9 Å². The lowest BCUT2D eigenvalue weighted by molar-refractivity contribution is 0.441. The first-order valence-electron chi connectivity index (χ1n) is 7.11. The average Bonchev–Trinajstić information content (AvgIpc) is 2.91. The number of fused-ring (bicyclic) bond motifs is 1. The quantitative estimate of drug-likeness (QED) is 0.853. The van der Waals surface area contributed by atoms with Crippen molar-refractivity contribution in [1.82, 2.24) is 4.98 Å². The summed E-state index contributed by atoms with van der Waals surface area (Å²) in [5.74, 6) is 1.04. The van der Waals surface area contributed by atoms with Crippen LogP contribution in [-0.4, -0.2) is 4.98 Å².